The second-order valence-electron chi connectivity index (χ2n) is 10.8. The van der Waals surface area contributed by atoms with Gasteiger partial charge in [-0.2, -0.15) is 5.09 Å². The summed E-state index contributed by atoms with van der Waals surface area (Å²) < 4.78 is 40.0. The van der Waals surface area contributed by atoms with E-state index in [0.717, 1.165) is 29.3 Å². The topological polar surface area (TPSA) is 140 Å². The Hall–Kier alpha value is -4.28. The molecule has 0 saturated carbocycles. The molecule has 0 radical (unpaired) electrons. The van der Waals surface area contributed by atoms with Gasteiger partial charge in [0.1, 0.15) is 35.5 Å². The highest BCUT2D eigenvalue weighted by Gasteiger charge is 2.34. The summed E-state index contributed by atoms with van der Waals surface area (Å²) >= 11 is 0. The highest BCUT2D eigenvalue weighted by Crippen LogP contribution is 2.46. The quantitative estimate of drug-likeness (QED) is 0.0642. The molecule has 0 aliphatic carbocycles. The second kappa shape index (κ2) is 15.3. The van der Waals surface area contributed by atoms with E-state index in [4.69, 9.17) is 29.2 Å². The van der Waals surface area contributed by atoms with E-state index in [0.29, 0.717) is 41.7 Å². The lowest BCUT2D eigenvalue weighted by molar-refractivity contribution is -0.135. The number of esters is 1. The van der Waals surface area contributed by atoms with Gasteiger partial charge in [-0.05, 0) is 50.6 Å². The van der Waals surface area contributed by atoms with E-state index in [1.165, 1.54) is 0 Å². The molecule has 0 bridgehead atoms. The first-order chi connectivity index (χ1) is 22.3. The number of ether oxygens (including phenoxy) is 2. The van der Waals surface area contributed by atoms with E-state index in [1.807, 2.05) is 43.3 Å². The summed E-state index contributed by atoms with van der Waals surface area (Å²) in [6.07, 6.45) is 2.46. The molecular formula is C34H40N5O6P. The summed E-state index contributed by atoms with van der Waals surface area (Å²) in [5.41, 5.74) is 8.52. The van der Waals surface area contributed by atoms with Gasteiger partial charge in [-0.25, -0.2) is 19.3 Å². The number of rotatable bonds is 16. The van der Waals surface area contributed by atoms with E-state index >= 15 is 0 Å². The molecule has 3 aromatic carbocycles. The smallest absolute Gasteiger partial charge is 0.425 e. The average Bonchev–Trinajstić information content (AvgIpc) is 3.45. The van der Waals surface area contributed by atoms with Gasteiger partial charge in [-0.3, -0.25) is 4.52 Å². The Morgan fingerprint density at radius 3 is 2.33 bits per heavy atom. The van der Waals surface area contributed by atoms with Crippen molar-refractivity contribution in [1.82, 2.24) is 19.6 Å². The standard InChI is InChI=1S/C34H40N5O6P/c1-4-6-15-25(39-30(23-42-5-2)37-31-32(39)28-20-13-14-21-29(28)36-33(31)35)22-43-46(41,45-27-18-11-8-12-19-27)38-24(3)34(40)44-26-16-9-7-10-17-26/h7-14,16-21,24-25H,4-6,15,22-23H2,1-3H3,(H2,35,36)(H,38,41)/t24-,25+,46-/m0/s1. The zero-order valence-corrected chi connectivity index (χ0v) is 27.2. The maximum atomic E-state index is 14.4. The fraction of sp³-hybridized carbons (Fsp3) is 0.324. The van der Waals surface area contributed by atoms with Gasteiger partial charge in [0.25, 0.3) is 0 Å². The molecule has 242 valence electrons. The number of nitrogen functional groups attached to an aromatic ring is 1. The fourth-order valence-corrected chi connectivity index (χ4v) is 6.69. The predicted molar refractivity (Wildman–Crippen MR) is 179 cm³/mol. The van der Waals surface area contributed by atoms with Crippen LogP contribution in [0.1, 0.15) is 51.9 Å². The summed E-state index contributed by atoms with van der Waals surface area (Å²) in [6, 6.07) is 23.7. The molecule has 46 heavy (non-hydrogen) atoms. The number of hydrogen-bond acceptors (Lipinski definition) is 9. The Labute approximate surface area is 268 Å². The van der Waals surface area contributed by atoms with Crippen molar-refractivity contribution in [3.8, 4) is 11.5 Å². The molecule has 12 heteroatoms. The lowest BCUT2D eigenvalue weighted by Gasteiger charge is -2.27. The molecule has 2 aromatic heterocycles. The summed E-state index contributed by atoms with van der Waals surface area (Å²) in [6.45, 7) is 6.28. The van der Waals surface area contributed by atoms with Crippen molar-refractivity contribution < 1.29 is 27.9 Å². The number of nitrogens with two attached hydrogens (primary N) is 1. The number of unbranched alkanes of at least 4 members (excludes halogenated alkanes) is 1. The maximum Gasteiger partial charge on any atom is 0.459 e. The lowest BCUT2D eigenvalue weighted by atomic mass is 10.1. The number of nitrogens with zero attached hydrogens (tertiary/aromatic N) is 3. The number of nitrogens with one attached hydrogen (secondary N) is 1. The SMILES string of the molecule is CCCC[C@H](CO[P@@](=O)(N[C@@H](C)C(=O)Oc1ccccc1)Oc1ccccc1)n1c(COCC)nc2c(N)nc3ccccc3c21. The van der Waals surface area contributed by atoms with Gasteiger partial charge in [0.2, 0.25) is 0 Å². The molecule has 0 spiro atoms. The normalized spacial score (nSPS) is 14.2. The van der Waals surface area contributed by atoms with Gasteiger partial charge in [-0.1, -0.05) is 74.4 Å². The zero-order chi connectivity index (χ0) is 32.5. The van der Waals surface area contributed by atoms with Crippen LogP contribution in [0.15, 0.2) is 84.9 Å². The summed E-state index contributed by atoms with van der Waals surface area (Å²) in [7, 11) is -4.15. The first-order valence-electron chi connectivity index (χ1n) is 15.5. The van der Waals surface area contributed by atoms with Crippen molar-refractivity contribution in [1.29, 1.82) is 0 Å². The Bertz CT molecular complexity index is 1800. The average molecular weight is 646 g/mol. The molecule has 3 atom stereocenters. The molecule has 0 aliphatic rings. The van der Waals surface area contributed by atoms with Crippen molar-refractivity contribution in [3.63, 3.8) is 0 Å². The van der Waals surface area contributed by atoms with Crippen molar-refractivity contribution in [2.24, 2.45) is 0 Å². The van der Waals surface area contributed by atoms with Crippen molar-refractivity contribution in [2.75, 3.05) is 18.9 Å². The number of para-hydroxylation sites is 3. The first kappa shape index (κ1) is 33.1. The van der Waals surface area contributed by atoms with Gasteiger partial charge in [0.05, 0.1) is 23.7 Å². The molecule has 0 saturated heterocycles. The van der Waals surface area contributed by atoms with Crippen LogP contribution in [-0.4, -0.2) is 39.8 Å². The molecule has 3 N–H and O–H groups in total. The highest BCUT2D eigenvalue weighted by atomic mass is 31.2. The highest BCUT2D eigenvalue weighted by molar-refractivity contribution is 7.52. The lowest BCUT2D eigenvalue weighted by Crippen LogP contribution is -2.37. The Morgan fingerprint density at radius 1 is 0.957 bits per heavy atom. The van der Waals surface area contributed by atoms with Crippen LogP contribution in [0.25, 0.3) is 21.9 Å². The first-order valence-corrected chi connectivity index (χ1v) is 17.0. The Balaban J connectivity index is 1.50. The molecular weight excluding hydrogens is 605 g/mol. The second-order valence-corrected chi connectivity index (χ2v) is 12.5. The number of hydrogen-bond donors (Lipinski definition) is 2. The zero-order valence-electron chi connectivity index (χ0n) is 26.3. The van der Waals surface area contributed by atoms with Crippen LogP contribution >= 0.6 is 7.75 Å². The monoisotopic (exact) mass is 645 g/mol. The molecule has 5 aromatic rings. The third kappa shape index (κ3) is 7.92. The van der Waals surface area contributed by atoms with Crippen LogP contribution in [0.2, 0.25) is 0 Å². The Morgan fingerprint density at radius 2 is 1.63 bits per heavy atom. The van der Waals surface area contributed by atoms with Crippen LogP contribution in [0.5, 0.6) is 11.5 Å². The number of aromatic nitrogens is 3. The predicted octanol–water partition coefficient (Wildman–Crippen LogP) is 7.22. The number of fused-ring (bicyclic) bond motifs is 3. The summed E-state index contributed by atoms with van der Waals surface area (Å²) in [5.74, 6) is 1.02. The van der Waals surface area contributed by atoms with Gasteiger partial charge < -0.3 is 24.3 Å². The number of benzene rings is 3. The van der Waals surface area contributed by atoms with Crippen molar-refractivity contribution in [3.05, 3.63) is 90.8 Å². The van der Waals surface area contributed by atoms with E-state index in [-0.39, 0.29) is 19.3 Å². The minimum absolute atomic E-state index is 0.0291. The molecule has 0 fully saturated rings. The number of anilines is 1. The fourth-order valence-electron chi connectivity index (χ4n) is 5.16. The summed E-state index contributed by atoms with van der Waals surface area (Å²) in [4.78, 5) is 22.4. The minimum atomic E-state index is -4.15. The largest absolute Gasteiger partial charge is 0.459 e. The Kier molecular flexibility index (Phi) is 11.0. The van der Waals surface area contributed by atoms with Crippen molar-refractivity contribution in [2.45, 2.75) is 58.7 Å². The minimum Gasteiger partial charge on any atom is -0.425 e. The van der Waals surface area contributed by atoms with Crippen LogP contribution in [0.4, 0.5) is 5.82 Å². The molecule has 5 rings (SSSR count). The number of carbonyl (C=O) groups is 1. The van der Waals surface area contributed by atoms with E-state index in [2.05, 4.69) is 21.6 Å². The van der Waals surface area contributed by atoms with Crippen molar-refractivity contribution >= 4 is 41.5 Å². The summed E-state index contributed by atoms with van der Waals surface area (Å²) in [5, 5.41) is 3.68. The van der Waals surface area contributed by atoms with E-state index in [1.54, 1.807) is 55.5 Å². The van der Waals surface area contributed by atoms with Crippen LogP contribution in [-0.2, 0) is 25.2 Å². The number of pyridine rings is 1. The molecule has 2 heterocycles. The van der Waals surface area contributed by atoms with Gasteiger partial charge >= 0.3 is 13.7 Å². The number of imidazole rings is 1. The maximum absolute atomic E-state index is 14.4. The third-order valence-corrected chi connectivity index (χ3v) is 9.03. The molecule has 0 unspecified atom stereocenters. The van der Waals surface area contributed by atoms with Crippen LogP contribution in [0.3, 0.4) is 0 Å². The van der Waals surface area contributed by atoms with Gasteiger partial charge in [0, 0.05) is 12.0 Å². The van der Waals surface area contributed by atoms with E-state index in [9.17, 15) is 9.36 Å². The van der Waals surface area contributed by atoms with Crippen LogP contribution < -0.4 is 20.1 Å². The van der Waals surface area contributed by atoms with Gasteiger partial charge in [0.15, 0.2) is 5.82 Å². The van der Waals surface area contributed by atoms with Crippen LogP contribution in [0, 0.1) is 0 Å². The third-order valence-electron chi connectivity index (χ3n) is 7.39. The molecule has 0 aliphatic heterocycles. The van der Waals surface area contributed by atoms with Gasteiger partial charge in [-0.15, -0.1) is 0 Å². The molecule has 11 nitrogen and oxygen atoms in total. The number of carbonyl (C=O) groups excluding carboxylic acids is 1. The van der Waals surface area contributed by atoms with E-state index < -0.39 is 19.8 Å². The molecule has 0 amide bonds.